The van der Waals surface area contributed by atoms with E-state index >= 15 is 0 Å². The van der Waals surface area contributed by atoms with Crippen molar-refractivity contribution in [1.82, 2.24) is 10.4 Å². The van der Waals surface area contributed by atoms with Gasteiger partial charge in [0.15, 0.2) is 0 Å². The van der Waals surface area contributed by atoms with Gasteiger partial charge in [0.2, 0.25) is 5.84 Å². The molecule has 24 heavy (non-hydrogen) atoms. The fourth-order valence-corrected chi connectivity index (χ4v) is 2.22. The summed E-state index contributed by atoms with van der Waals surface area (Å²) in [5.74, 6) is -0.197. The molecule has 2 heterocycles. The van der Waals surface area contributed by atoms with Gasteiger partial charge in [-0.2, -0.15) is 0 Å². The van der Waals surface area contributed by atoms with Crippen LogP contribution in [0.25, 0.3) is 0 Å². The third-order valence-electron chi connectivity index (χ3n) is 3.50. The number of pyridine rings is 1. The summed E-state index contributed by atoms with van der Waals surface area (Å²) >= 11 is 0. The van der Waals surface area contributed by atoms with Crippen molar-refractivity contribution in [2.75, 3.05) is 10.3 Å². The number of hydrazine groups is 1. The Bertz CT molecular complexity index is 786. The second-order valence-corrected chi connectivity index (χ2v) is 5.45. The molecule has 0 aliphatic carbocycles. The Morgan fingerprint density at radius 2 is 1.96 bits per heavy atom. The molecule has 2 aromatic rings. The molecule has 1 unspecified atom stereocenters. The van der Waals surface area contributed by atoms with E-state index in [1.165, 1.54) is 5.01 Å². The molecule has 3 rings (SSSR count). The van der Waals surface area contributed by atoms with Gasteiger partial charge in [-0.1, -0.05) is 24.3 Å². The molecule has 0 spiro atoms. The summed E-state index contributed by atoms with van der Waals surface area (Å²) in [6, 6.07) is 11.9. The number of para-hydroxylation sites is 1. The summed E-state index contributed by atoms with van der Waals surface area (Å²) < 4.78 is 0. The predicted molar refractivity (Wildman–Crippen MR) is 91.6 cm³/mol. The first-order valence-corrected chi connectivity index (χ1v) is 7.52. The number of rotatable bonds is 3. The largest absolute Gasteiger partial charge is 0.304 e. The highest BCUT2D eigenvalue weighted by Crippen LogP contribution is 2.16. The number of anilines is 2. The van der Waals surface area contributed by atoms with Crippen molar-refractivity contribution in [1.29, 1.82) is 0 Å². The average molecular weight is 323 g/mol. The van der Waals surface area contributed by atoms with Crippen molar-refractivity contribution in [2.45, 2.75) is 19.9 Å². The summed E-state index contributed by atoms with van der Waals surface area (Å²) in [5, 5.41) is 3.99. The third kappa shape index (κ3) is 3.24. The van der Waals surface area contributed by atoms with Gasteiger partial charge < -0.3 is 5.32 Å². The molecule has 7 heteroatoms. The summed E-state index contributed by atoms with van der Waals surface area (Å²) in [7, 11) is 0. The Kier molecular flexibility index (Phi) is 4.24. The van der Waals surface area contributed by atoms with Crippen LogP contribution in [0, 0.1) is 6.92 Å². The Morgan fingerprint density at radius 1 is 1.21 bits per heavy atom. The molecule has 2 N–H and O–H groups in total. The number of nitrogens with one attached hydrogen (secondary N) is 2. The molecule has 1 aliphatic heterocycles. The topological polar surface area (TPSA) is 86.7 Å². The quantitative estimate of drug-likeness (QED) is 0.899. The van der Waals surface area contributed by atoms with Crippen LogP contribution in [0.5, 0.6) is 0 Å². The molecule has 0 bridgehead atoms. The van der Waals surface area contributed by atoms with E-state index in [0.29, 0.717) is 11.5 Å². The molecule has 0 saturated heterocycles. The van der Waals surface area contributed by atoms with E-state index in [4.69, 9.17) is 0 Å². The Labute approximate surface area is 139 Å². The number of aliphatic imine (C=N–C) groups is 1. The van der Waals surface area contributed by atoms with Gasteiger partial charge in [-0.25, -0.2) is 15.0 Å². The first kappa shape index (κ1) is 15.7. The zero-order chi connectivity index (χ0) is 17.1. The normalized spacial score (nSPS) is 17.1. The smallest absolute Gasteiger partial charge is 0.293 e. The molecular weight excluding hydrogens is 306 g/mol. The number of amides is 2. The number of amidine groups is 1. The molecule has 1 aliphatic rings. The third-order valence-corrected chi connectivity index (χ3v) is 3.50. The molecule has 1 aromatic carbocycles. The van der Waals surface area contributed by atoms with Crippen molar-refractivity contribution in [3.8, 4) is 0 Å². The molecule has 0 saturated carbocycles. The zero-order valence-electron chi connectivity index (χ0n) is 13.4. The van der Waals surface area contributed by atoms with Crippen LogP contribution in [0.3, 0.4) is 0 Å². The number of carbonyl (C=O) groups excluding carboxylic acids is 2. The highest BCUT2D eigenvalue weighted by Gasteiger charge is 2.30. The van der Waals surface area contributed by atoms with Crippen LogP contribution in [0.2, 0.25) is 0 Å². The predicted octanol–water partition coefficient (Wildman–Crippen LogP) is 1.67. The van der Waals surface area contributed by atoms with Crippen LogP contribution < -0.4 is 15.8 Å². The lowest BCUT2D eigenvalue weighted by Crippen LogP contribution is -2.57. The van der Waals surface area contributed by atoms with E-state index in [2.05, 4.69) is 20.7 Å². The molecule has 1 atom stereocenters. The maximum atomic E-state index is 12.4. The van der Waals surface area contributed by atoms with Crippen molar-refractivity contribution >= 4 is 29.2 Å². The minimum absolute atomic E-state index is 0.0633. The van der Waals surface area contributed by atoms with Crippen LogP contribution in [0.4, 0.5) is 11.5 Å². The summed E-state index contributed by atoms with van der Waals surface area (Å²) in [6.07, 6.45) is 1.66. The molecule has 0 radical (unpaired) electrons. The van der Waals surface area contributed by atoms with Gasteiger partial charge >= 0.3 is 0 Å². The summed E-state index contributed by atoms with van der Waals surface area (Å²) in [6.45, 7) is 3.56. The Balaban J connectivity index is 1.80. The molecular formula is C17H17N5O2. The van der Waals surface area contributed by atoms with Gasteiger partial charge in [-0.15, -0.1) is 0 Å². The maximum Gasteiger partial charge on any atom is 0.293 e. The Hall–Kier alpha value is -3.22. The summed E-state index contributed by atoms with van der Waals surface area (Å²) in [5.41, 5.74) is 4.41. The van der Waals surface area contributed by atoms with Gasteiger partial charge in [0.25, 0.3) is 11.8 Å². The van der Waals surface area contributed by atoms with E-state index in [0.717, 1.165) is 5.56 Å². The van der Waals surface area contributed by atoms with Crippen molar-refractivity contribution < 1.29 is 9.59 Å². The second-order valence-electron chi connectivity index (χ2n) is 5.45. The Morgan fingerprint density at radius 3 is 2.62 bits per heavy atom. The second kappa shape index (κ2) is 6.49. The van der Waals surface area contributed by atoms with E-state index in [-0.39, 0.29) is 11.7 Å². The minimum Gasteiger partial charge on any atom is -0.304 e. The van der Waals surface area contributed by atoms with Gasteiger partial charge in [-0.3, -0.25) is 15.0 Å². The lowest BCUT2D eigenvalue weighted by molar-refractivity contribution is -0.120. The standard InChI is InChI=1S/C17H17N5O2/c1-11-8-9-14(18-10-11)20-16(23)15-19-12(2)17(24)22(21-15)13-6-4-3-5-7-13/h3-10,12H,1-2H3,(H,19,21)(H,18,20,23). The molecule has 2 amide bonds. The molecule has 0 fully saturated rings. The zero-order valence-corrected chi connectivity index (χ0v) is 13.4. The number of aryl methyl sites for hydroxylation is 1. The highest BCUT2D eigenvalue weighted by atomic mass is 16.2. The first-order valence-electron chi connectivity index (χ1n) is 7.52. The van der Waals surface area contributed by atoms with Crippen molar-refractivity contribution in [2.24, 2.45) is 4.99 Å². The fourth-order valence-electron chi connectivity index (χ4n) is 2.22. The highest BCUT2D eigenvalue weighted by molar-refractivity contribution is 6.43. The fraction of sp³-hybridized carbons (Fsp3) is 0.176. The van der Waals surface area contributed by atoms with Gasteiger partial charge in [-0.05, 0) is 37.6 Å². The van der Waals surface area contributed by atoms with Crippen LogP contribution >= 0.6 is 0 Å². The molecule has 7 nitrogen and oxygen atoms in total. The minimum atomic E-state index is -0.654. The number of nitrogens with zero attached hydrogens (tertiary/aromatic N) is 3. The number of carbonyl (C=O) groups is 2. The van der Waals surface area contributed by atoms with Crippen molar-refractivity contribution in [3.05, 3.63) is 54.2 Å². The first-order chi connectivity index (χ1) is 11.5. The number of benzene rings is 1. The molecule has 122 valence electrons. The van der Waals surface area contributed by atoms with E-state index in [9.17, 15) is 9.59 Å². The number of aromatic nitrogens is 1. The maximum absolute atomic E-state index is 12.4. The van der Waals surface area contributed by atoms with Crippen LogP contribution in [0.1, 0.15) is 12.5 Å². The van der Waals surface area contributed by atoms with Crippen LogP contribution in [-0.2, 0) is 9.59 Å². The van der Waals surface area contributed by atoms with E-state index in [1.807, 2.05) is 31.2 Å². The van der Waals surface area contributed by atoms with Gasteiger partial charge in [0, 0.05) is 6.20 Å². The SMILES string of the molecule is Cc1ccc(NC(=O)C2=NC(C)C(=O)N(c3ccccc3)N2)nc1. The monoisotopic (exact) mass is 323 g/mol. The van der Waals surface area contributed by atoms with Gasteiger partial charge in [0.05, 0.1) is 5.69 Å². The lowest BCUT2D eigenvalue weighted by atomic mass is 10.2. The van der Waals surface area contributed by atoms with Crippen LogP contribution in [0.15, 0.2) is 53.7 Å². The lowest BCUT2D eigenvalue weighted by Gasteiger charge is -2.30. The van der Waals surface area contributed by atoms with E-state index < -0.39 is 11.9 Å². The molecule has 1 aromatic heterocycles. The van der Waals surface area contributed by atoms with Gasteiger partial charge in [0.1, 0.15) is 11.9 Å². The van der Waals surface area contributed by atoms with Crippen LogP contribution in [-0.4, -0.2) is 28.7 Å². The van der Waals surface area contributed by atoms with E-state index in [1.54, 1.807) is 31.3 Å². The summed E-state index contributed by atoms with van der Waals surface area (Å²) in [4.78, 5) is 33.0. The number of hydrogen-bond donors (Lipinski definition) is 2. The van der Waals surface area contributed by atoms with Crippen molar-refractivity contribution in [3.63, 3.8) is 0 Å². The average Bonchev–Trinajstić information content (AvgIpc) is 2.60. The number of hydrogen-bond acceptors (Lipinski definition) is 5.